The smallest absolute Gasteiger partial charge is 0.303 e. The molecule has 2 heterocycles. The molecule has 0 saturated carbocycles. The number of fused-ring (bicyclic) bond motifs is 3. The molecule has 0 saturated heterocycles. The van der Waals surface area contributed by atoms with Crippen molar-refractivity contribution in [3.05, 3.63) is 45.3 Å². The van der Waals surface area contributed by atoms with Crippen LogP contribution < -0.4 is 5.56 Å². The number of aromatic amines is 2. The van der Waals surface area contributed by atoms with E-state index in [1.165, 1.54) is 0 Å². The summed E-state index contributed by atoms with van der Waals surface area (Å²) in [5, 5.41) is 9.72. The first-order valence-corrected chi connectivity index (χ1v) is 6.82. The number of hydrogen-bond acceptors (Lipinski definition) is 2. The third-order valence-corrected chi connectivity index (χ3v) is 3.29. The molecule has 3 aromatic rings. The lowest BCUT2D eigenvalue weighted by molar-refractivity contribution is -0.136. The third-order valence-electron chi connectivity index (χ3n) is 2.80. The van der Waals surface area contributed by atoms with Gasteiger partial charge in [-0.15, -0.1) is 0 Å². The fourth-order valence-electron chi connectivity index (χ4n) is 1.81. The van der Waals surface area contributed by atoms with Crippen molar-refractivity contribution in [2.24, 2.45) is 0 Å². The summed E-state index contributed by atoms with van der Waals surface area (Å²) < 4.78 is 1.00. The van der Waals surface area contributed by atoms with Gasteiger partial charge in [-0.25, -0.2) is 0 Å². The van der Waals surface area contributed by atoms with Crippen LogP contribution in [0.15, 0.2) is 39.7 Å². The number of halogens is 1. The van der Waals surface area contributed by atoms with Gasteiger partial charge in [0.2, 0.25) is 0 Å². The Balaban J connectivity index is 0.000000257. The fourth-order valence-corrected chi connectivity index (χ4v) is 2.18. The molecule has 6 heteroatoms. The van der Waals surface area contributed by atoms with E-state index in [1.807, 2.05) is 24.3 Å². The molecule has 0 atom stereocenters. The van der Waals surface area contributed by atoms with E-state index in [9.17, 15) is 9.59 Å². The van der Waals surface area contributed by atoms with Gasteiger partial charge in [0.05, 0.1) is 0 Å². The Morgan fingerprint density at radius 1 is 1.30 bits per heavy atom. The second-order valence-electron chi connectivity index (χ2n) is 4.16. The predicted octanol–water partition coefficient (Wildman–Crippen LogP) is 3.25. The van der Waals surface area contributed by atoms with E-state index < -0.39 is 5.97 Å². The second kappa shape index (κ2) is 5.92. The monoisotopic (exact) mass is 336 g/mol. The van der Waals surface area contributed by atoms with Gasteiger partial charge in [0.1, 0.15) is 5.52 Å². The number of carbonyl (C=O) groups is 1. The Morgan fingerprint density at radius 2 is 2.00 bits per heavy atom. The van der Waals surface area contributed by atoms with E-state index in [0.29, 0.717) is 5.52 Å². The molecule has 3 rings (SSSR count). The van der Waals surface area contributed by atoms with E-state index in [2.05, 4.69) is 25.9 Å². The quantitative estimate of drug-likeness (QED) is 0.637. The van der Waals surface area contributed by atoms with Crippen LogP contribution in [0.4, 0.5) is 0 Å². The molecule has 104 valence electrons. The number of carboxylic acid groups (broad SMARTS) is 1. The summed E-state index contributed by atoms with van der Waals surface area (Å²) in [6.45, 7) is 1.60. The lowest BCUT2D eigenvalue weighted by Crippen LogP contribution is -2.05. The van der Waals surface area contributed by atoms with E-state index in [1.54, 1.807) is 13.1 Å². The maximum atomic E-state index is 11.6. The number of pyridine rings is 1. The molecule has 20 heavy (non-hydrogen) atoms. The minimum Gasteiger partial charge on any atom is -0.481 e. The van der Waals surface area contributed by atoms with Crippen LogP contribution >= 0.6 is 15.9 Å². The van der Waals surface area contributed by atoms with Crippen molar-refractivity contribution in [3.8, 4) is 0 Å². The van der Waals surface area contributed by atoms with Crippen molar-refractivity contribution < 1.29 is 9.90 Å². The second-order valence-corrected chi connectivity index (χ2v) is 5.07. The van der Waals surface area contributed by atoms with E-state index in [4.69, 9.17) is 5.11 Å². The molecule has 3 N–H and O–H groups in total. The molecular formula is C14H13BrN2O3. The SMILES string of the molecule is CCC(=O)O.O=c1[nH]c2ccc(Br)cc2c2cc[nH]c12. The van der Waals surface area contributed by atoms with Crippen molar-refractivity contribution in [2.75, 3.05) is 0 Å². The number of aromatic nitrogens is 2. The Labute approximate surface area is 122 Å². The van der Waals surface area contributed by atoms with Crippen molar-refractivity contribution in [3.63, 3.8) is 0 Å². The van der Waals surface area contributed by atoms with Crippen LogP contribution in [0, 0.1) is 0 Å². The summed E-state index contributed by atoms with van der Waals surface area (Å²) in [5.74, 6) is -0.745. The van der Waals surface area contributed by atoms with Crippen LogP contribution in [0.2, 0.25) is 0 Å². The van der Waals surface area contributed by atoms with Crippen LogP contribution in [0.5, 0.6) is 0 Å². The van der Waals surface area contributed by atoms with Gasteiger partial charge in [0, 0.05) is 33.4 Å². The van der Waals surface area contributed by atoms with E-state index >= 15 is 0 Å². The maximum absolute atomic E-state index is 11.6. The summed E-state index contributed by atoms with van der Waals surface area (Å²) in [6.07, 6.45) is 2.00. The molecule has 0 aliphatic heterocycles. The van der Waals surface area contributed by atoms with Gasteiger partial charge in [0.15, 0.2) is 0 Å². The molecule has 0 aliphatic carbocycles. The number of hydrogen-bond donors (Lipinski definition) is 3. The number of nitrogens with one attached hydrogen (secondary N) is 2. The maximum Gasteiger partial charge on any atom is 0.303 e. The van der Waals surface area contributed by atoms with E-state index in [0.717, 1.165) is 20.8 Å². The fraction of sp³-hybridized carbons (Fsp3) is 0.143. The Bertz CT molecular complexity index is 820. The lowest BCUT2D eigenvalue weighted by Gasteiger charge is -2.00. The van der Waals surface area contributed by atoms with Crippen LogP contribution in [0.3, 0.4) is 0 Å². The number of benzene rings is 1. The van der Waals surface area contributed by atoms with Gasteiger partial charge in [-0.1, -0.05) is 22.9 Å². The summed E-state index contributed by atoms with van der Waals surface area (Å²) in [7, 11) is 0. The first-order chi connectivity index (χ1) is 9.52. The molecule has 0 aliphatic rings. The minimum atomic E-state index is -0.745. The molecule has 5 nitrogen and oxygen atoms in total. The summed E-state index contributed by atoms with van der Waals surface area (Å²) >= 11 is 3.42. The zero-order chi connectivity index (χ0) is 14.7. The largest absolute Gasteiger partial charge is 0.481 e. The Morgan fingerprint density at radius 3 is 2.65 bits per heavy atom. The van der Waals surface area contributed by atoms with Crippen LogP contribution in [0.1, 0.15) is 13.3 Å². The third kappa shape index (κ3) is 2.91. The predicted molar refractivity (Wildman–Crippen MR) is 82.1 cm³/mol. The average molecular weight is 337 g/mol. The molecule has 1 aromatic carbocycles. The lowest BCUT2D eigenvalue weighted by atomic mass is 10.1. The highest BCUT2D eigenvalue weighted by Crippen LogP contribution is 2.23. The molecule has 2 aromatic heterocycles. The average Bonchev–Trinajstić information content (AvgIpc) is 2.91. The zero-order valence-corrected chi connectivity index (χ0v) is 12.3. The topological polar surface area (TPSA) is 85.9 Å². The molecular weight excluding hydrogens is 324 g/mol. The van der Waals surface area contributed by atoms with Gasteiger partial charge >= 0.3 is 5.97 Å². The Kier molecular flexibility index (Phi) is 4.24. The van der Waals surface area contributed by atoms with Crippen LogP contribution in [0.25, 0.3) is 21.8 Å². The number of rotatable bonds is 1. The van der Waals surface area contributed by atoms with Gasteiger partial charge in [-0.2, -0.15) is 0 Å². The summed E-state index contributed by atoms with van der Waals surface area (Å²) in [5.41, 5.74) is 1.40. The highest BCUT2D eigenvalue weighted by atomic mass is 79.9. The standard InChI is InChI=1S/C11H7BrN2O.C3H6O2/c12-6-1-2-9-8(5-6)7-3-4-13-10(7)11(15)14-9;1-2-3(4)5/h1-5,13H,(H,14,15);2H2,1H3,(H,4,5). The minimum absolute atomic E-state index is 0.0789. The van der Waals surface area contributed by atoms with Gasteiger partial charge in [-0.3, -0.25) is 9.59 Å². The molecule has 0 radical (unpaired) electrons. The highest BCUT2D eigenvalue weighted by molar-refractivity contribution is 9.10. The molecule has 0 spiro atoms. The number of aliphatic carboxylic acids is 1. The first-order valence-electron chi connectivity index (χ1n) is 6.03. The normalized spacial score (nSPS) is 10.3. The first kappa shape index (κ1) is 14.3. The van der Waals surface area contributed by atoms with Crippen LogP contribution in [-0.2, 0) is 4.79 Å². The summed E-state index contributed by atoms with van der Waals surface area (Å²) in [4.78, 5) is 26.8. The van der Waals surface area contributed by atoms with Crippen molar-refractivity contribution in [2.45, 2.75) is 13.3 Å². The van der Waals surface area contributed by atoms with Gasteiger partial charge in [-0.05, 0) is 24.3 Å². The van der Waals surface area contributed by atoms with E-state index in [-0.39, 0.29) is 12.0 Å². The molecule has 0 unspecified atom stereocenters. The number of H-pyrrole nitrogens is 2. The van der Waals surface area contributed by atoms with Crippen molar-refractivity contribution in [1.29, 1.82) is 0 Å². The Hall–Kier alpha value is -2.08. The summed E-state index contributed by atoms with van der Waals surface area (Å²) in [6, 6.07) is 7.73. The molecule has 0 fully saturated rings. The highest BCUT2D eigenvalue weighted by Gasteiger charge is 2.05. The van der Waals surface area contributed by atoms with Crippen LogP contribution in [-0.4, -0.2) is 21.0 Å². The molecule has 0 bridgehead atoms. The van der Waals surface area contributed by atoms with Gasteiger partial charge in [0.25, 0.3) is 5.56 Å². The van der Waals surface area contributed by atoms with Crippen molar-refractivity contribution >= 4 is 43.7 Å². The number of carboxylic acids is 1. The van der Waals surface area contributed by atoms with Gasteiger partial charge < -0.3 is 15.1 Å². The van der Waals surface area contributed by atoms with Crippen molar-refractivity contribution in [1.82, 2.24) is 9.97 Å². The zero-order valence-electron chi connectivity index (χ0n) is 10.7. The molecule has 0 amide bonds.